The quantitative estimate of drug-likeness (QED) is 0.554. The predicted octanol–water partition coefficient (Wildman–Crippen LogP) is 3.91. The molecule has 0 radical (unpaired) electrons. The van der Waals surface area contributed by atoms with Crippen molar-refractivity contribution in [3.05, 3.63) is 51.7 Å². The summed E-state index contributed by atoms with van der Waals surface area (Å²) in [4.78, 5) is 25.5. The zero-order chi connectivity index (χ0) is 17.4. The van der Waals surface area contributed by atoms with E-state index in [4.69, 9.17) is 4.74 Å². The van der Waals surface area contributed by atoms with Crippen LogP contribution in [0.2, 0.25) is 0 Å². The normalized spacial score (nSPS) is 10.4. The molecule has 1 heterocycles. The molecule has 0 atom stereocenters. The number of nitrogens with one attached hydrogen (secondary N) is 1. The fourth-order valence-corrected chi connectivity index (χ4v) is 3.05. The van der Waals surface area contributed by atoms with Crippen LogP contribution in [0.3, 0.4) is 0 Å². The van der Waals surface area contributed by atoms with Crippen molar-refractivity contribution in [1.29, 1.82) is 0 Å². The molecule has 0 bridgehead atoms. The Morgan fingerprint density at radius 3 is 2.67 bits per heavy atom. The fourth-order valence-electron chi connectivity index (χ4n) is 2.22. The first-order valence-electron chi connectivity index (χ1n) is 8.10. The Hall–Kier alpha value is -2.14. The molecule has 0 fully saturated rings. The van der Waals surface area contributed by atoms with E-state index in [0.717, 1.165) is 27.5 Å². The first-order chi connectivity index (χ1) is 11.5. The van der Waals surface area contributed by atoms with Crippen LogP contribution in [0.4, 0.5) is 0 Å². The number of ether oxygens (including phenoxy) is 1. The number of carbonyl (C=O) groups is 2. The van der Waals surface area contributed by atoms with Crippen LogP contribution in [-0.4, -0.2) is 24.8 Å². The van der Waals surface area contributed by atoms with Crippen LogP contribution < -0.4 is 10.1 Å². The van der Waals surface area contributed by atoms with E-state index in [2.05, 4.69) is 5.32 Å². The number of carbonyl (C=O) groups excluding carboxylic acids is 2. The van der Waals surface area contributed by atoms with E-state index in [9.17, 15) is 9.59 Å². The zero-order valence-electron chi connectivity index (χ0n) is 14.1. The summed E-state index contributed by atoms with van der Waals surface area (Å²) >= 11 is 1.47. The summed E-state index contributed by atoms with van der Waals surface area (Å²) in [5, 5.41) is 2.82. The molecule has 1 amide bonds. The maximum absolute atomic E-state index is 11.9. The van der Waals surface area contributed by atoms with Gasteiger partial charge in [-0.05, 0) is 50.1 Å². The van der Waals surface area contributed by atoms with Crippen LogP contribution in [0.15, 0.2) is 36.4 Å². The number of benzene rings is 1. The Balaban J connectivity index is 1.57. The highest BCUT2D eigenvalue weighted by molar-refractivity contribution is 7.14. The maximum atomic E-state index is 11.9. The molecule has 2 aromatic rings. The van der Waals surface area contributed by atoms with E-state index in [0.29, 0.717) is 13.2 Å². The third-order valence-corrected chi connectivity index (χ3v) is 4.54. The molecule has 24 heavy (non-hydrogen) atoms. The minimum atomic E-state index is -0.0906. The summed E-state index contributed by atoms with van der Waals surface area (Å²) in [7, 11) is 0. The molecule has 2 rings (SSSR count). The number of ketones is 1. The molecule has 0 aliphatic carbocycles. The molecule has 0 saturated carbocycles. The van der Waals surface area contributed by atoms with Gasteiger partial charge >= 0.3 is 0 Å². The maximum Gasteiger partial charge on any atom is 0.220 e. The van der Waals surface area contributed by atoms with Crippen molar-refractivity contribution in [2.45, 2.75) is 33.1 Å². The van der Waals surface area contributed by atoms with Crippen molar-refractivity contribution in [3.63, 3.8) is 0 Å². The van der Waals surface area contributed by atoms with Crippen LogP contribution >= 0.6 is 11.3 Å². The lowest BCUT2D eigenvalue weighted by Crippen LogP contribution is -2.25. The van der Waals surface area contributed by atoms with Gasteiger partial charge in [-0.3, -0.25) is 9.59 Å². The highest BCUT2D eigenvalue weighted by Crippen LogP contribution is 2.17. The smallest absolute Gasteiger partial charge is 0.220 e. The molecule has 0 aliphatic heterocycles. The van der Waals surface area contributed by atoms with Gasteiger partial charge in [-0.2, -0.15) is 0 Å². The largest absolute Gasteiger partial charge is 0.494 e. The lowest BCUT2D eigenvalue weighted by Gasteiger charge is -2.08. The third kappa shape index (κ3) is 6.16. The van der Waals surface area contributed by atoms with Gasteiger partial charge in [0.05, 0.1) is 11.5 Å². The van der Waals surface area contributed by atoms with Crippen molar-refractivity contribution < 1.29 is 14.3 Å². The van der Waals surface area contributed by atoms with Gasteiger partial charge in [0.1, 0.15) is 5.75 Å². The van der Waals surface area contributed by atoms with Crippen molar-refractivity contribution in [1.82, 2.24) is 5.32 Å². The lowest BCUT2D eigenvalue weighted by atomic mass is 10.2. The molecular formula is C19H23NO3S. The molecule has 1 N–H and O–H groups in total. The second-order valence-corrected chi connectivity index (χ2v) is 6.99. The molecule has 0 spiro atoms. The van der Waals surface area contributed by atoms with Gasteiger partial charge in [0.15, 0.2) is 5.78 Å². The summed E-state index contributed by atoms with van der Waals surface area (Å²) in [6.45, 7) is 5.09. The zero-order valence-corrected chi connectivity index (χ0v) is 14.9. The Kier molecular flexibility index (Phi) is 7.00. The molecular weight excluding hydrogens is 322 g/mol. The van der Waals surface area contributed by atoms with E-state index in [1.165, 1.54) is 11.3 Å². The summed E-state index contributed by atoms with van der Waals surface area (Å²) in [6, 6.07) is 11.6. The predicted molar refractivity (Wildman–Crippen MR) is 96.9 cm³/mol. The molecule has 1 aromatic carbocycles. The van der Waals surface area contributed by atoms with Crippen molar-refractivity contribution in [2.75, 3.05) is 13.2 Å². The minimum Gasteiger partial charge on any atom is -0.494 e. The second kappa shape index (κ2) is 9.23. The molecule has 0 aliphatic rings. The van der Waals surface area contributed by atoms with E-state index in [1.807, 2.05) is 50.2 Å². The number of amides is 1. The van der Waals surface area contributed by atoms with Crippen molar-refractivity contribution in [2.24, 2.45) is 0 Å². The van der Waals surface area contributed by atoms with Gasteiger partial charge in [0, 0.05) is 24.3 Å². The van der Waals surface area contributed by atoms with Gasteiger partial charge in [0.25, 0.3) is 0 Å². The molecule has 1 aromatic heterocycles. The monoisotopic (exact) mass is 345 g/mol. The Morgan fingerprint density at radius 2 is 1.96 bits per heavy atom. The second-order valence-electron chi connectivity index (χ2n) is 5.70. The molecule has 4 nitrogen and oxygen atoms in total. The minimum absolute atomic E-state index is 0.0334. The highest BCUT2D eigenvalue weighted by Gasteiger charge is 2.10. The van der Waals surface area contributed by atoms with E-state index >= 15 is 0 Å². The van der Waals surface area contributed by atoms with Gasteiger partial charge < -0.3 is 10.1 Å². The molecule has 0 unspecified atom stereocenters. The van der Waals surface area contributed by atoms with Gasteiger partial charge in [-0.1, -0.05) is 12.1 Å². The van der Waals surface area contributed by atoms with E-state index < -0.39 is 0 Å². The summed E-state index contributed by atoms with van der Waals surface area (Å²) in [5.74, 6) is 0.788. The number of thiophene rings is 1. The Labute approximate surface area is 146 Å². The van der Waals surface area contributed by atoms with Crippen LogP contribution in [0.5, 0.6) is 5.75 Å². The number of hydrogen-bond donors (Lipinski definition) is 1. The number of aryl methyl sites for hydroxylation is 2. The third-order valence-electron chi connectivity index (χ3n) is 3.50. The number of rotatable bonds is 9. The van der Waals surface area contributed by atoms with E-state index in [-0.39, 0.29) is 24.5 Å². The molecule has 0 saturated heterocycles. The first kappa shape index (κ1) is 18.2. The summed E-state index contributed by atoms with van der Waals surface area (Å²) in [5.41, 5.74) is 1.16. The van der Waals surface area contributed by atoms with Gasteiger partial charge in [0.2, 0.25) is 5.91 Å². The molecule has 5 heteroatoms. The Bertz CT molecular complexity index is 693. The van der Waals surface area contributed by atoms with Gasteiger partial charge in [-0.25, -0.2) is 0 Å². The highest BCUT2D eigenvalue weighted by atomic mass is 32.1. The standard InChI is InChI=1S/C19H23NO3S/c1-14-5-3-6-16(13-14)23-12-4-11-20-19(22)10-8-17(21)18-9-7-15(2)24-18/h3,5-7,9,13H,4,8,10-12H2,1-2H3,(H,20,22). The average Bonchev–Trinajstić information content (AvgIpc) is 2.99. The first-order valence-corrected chi connectivity index (χ1v) is 8.92. The van der Waals surface area contributed by atoms with Crippen molar-refractivity contribution >= 4 is 23.0 Å². The van der Waals surface area contributed by atoms with Crippen LogP contribution in [0.1, 0.15) is 39.4 Å². The number of Topliss-reactive ketones (excluding diaryl/α,β-unsaturated/α-hetero) is 1. The molecule has 128 valence electrons. The van der Waals surface area contributed by atoms with Gasteiger partial charge in [-0.15, -0.1) is 11.3 Å². The average molecular weight is 345 g/mol. The van der Waals surface area contributed by atoms with Crippen LogP contribution in [-0.2, 0) is 4.79 Å². The van der Waals surface area contributed by atoms with Crippen molar-refractivity contribution in [3.8, 4) is 5.75 Å². The summed E-state index contributed by atoms with van der Waals surface area (Å²) in [6.07, 6.45) is 1.22. The van der Waals surface area contributed by atoms with Crippen LogP contribution in [0, 0.1) is 13.8 Å². The Morgan fingerprint density at radius 1 is 1.12 bits per heavy atom. The fraction of sp³-hybridized carbons (Fsp3) is 0.368. The summed E-state index contributed by atoms with van der Waals surface area (Å²) < 4.78 is 5.62. The van der Waals surface area contributed by atoms with Crippen LogP contribution in [0.25, 0.3) is 0 Å². The lowest BCUT2D eigenvalue weighted by molar-refractivity contribution is -0.121. The SMILES string of the molecule is Cc1cccc(OCCCNC(=O)CCC(=O)c2ccc(C)s2)c1. The topological polar surface area (TPSA) is 55.4 Å². The number of hydrogen-bond acceptors (Lipinski definition) is 4. The van der Waals surface area contributed by atoms with E-state index in [1.54, 1.807) is 0 Å².